The highest BCUT2D eigenvalue weighted by molar-refractivity contribution is 9.10. The second-order valence-corrected chi connectivity index (χ2v) is 7.30. The molecule has 1 rings (SSSR count). The Morgan fingerprint density at radius 1 is 1.04 bits per heavy atom. The summed E-state index contributed by atoms with van der Waals surface area (Å²) in [5.74, 6) is 0.318. The van der Waals surface area contributed by atoms with Gasteiger partial charge >= 0.3 is 0 Å². The smallest absolute Gasteiger partial charge is 0.128 e. The largest absolute Gasteiger partial charge is 0.507 e. The summed E-state index contributed by atoms with van der Waals surface area (Å²) in [6.07, 6.45) is 1.76. The molecule has 0 fully saturated rings. The number of rotatable bonds is 9. The van der Waals surface area contributed by atoms with Crippen molar-refractivity contribution in [2.24, 2.45) is 4.99 Å². The van der Waals surface area contributed by atoms with E-state index in [0.717, 1.165) is 41.8 Å². The summed E-state index contributed by atoms with van der Waals surface area (Å²) in [5.41, 5.74) is 1.67. The first-order valence-electron chi connectivity index (χ1n) is 7.78. The average Bonchev–Trinajstić information content (AvgIpc) is 2.45. The van der Waals surface area contributed by atoms with Crippen molar-refractivity contribution in [1.82, 2.24) is 14.7 Å². The molecule has 1 N–H and O–H groups in total. The van der Waals surface area contributed by atoms with E-state index >= 15 is 0 Å². The van der Waals surface area contributed by atoms with Crippen LogP contribution in [0, 0.1) is 0 Å². The van der Waals surface area contributed by atoms with Gasteiger partial charge in [-0.05, 0) is 47.4 Å². The van der Waals surface area contributed by atoms with Crippen LogP contribution in [0.5, 0.6) is 5.75 Å². The highest BCUT2D eigenvalue weighted by Crippen LogP contribution is 2.27. The minimum Gasteiger partial charge on any atom is -0.507 e. The molecule has 0 bridgehead atoms. The number of likely N-dealkylation sites (N-methyl/N-ethyl adjacent to an activating group) is 3. The Morgan fingerprint density at radius 2 is 1.70 bits per heavy atom. The molecule has 0 atom stereocenters. The third-order valence-corrected chi connectivity index (χ3v) is 3.92. The van der Waals surface area contributed by atoms with Crippen molar-refractivity contribution in [1.29, 1.82) is 0 Å². The lowest BCUT2D eigenvalue weighted by atomic mass is 10.1. The predicted molar refractivity (Wildman–Crippen MR) is 102 cm³/mol. The number of halogens is 1. The first-order valence-corrected chi connectivity index (χ1v) is 8.58. The molecule has 0 amide bonds. The maximum Gasteiger partial charge on any atom is 0.128 e. The third kappa shape index (κ3) is 7.92. The van der Waals surface area contributed by atoms with Crippen LogP contribution in [-0.4, -0.2) is 87.4 Å². The van der Waals surface area contributed by atoms with E-state index in [-0.39, 0.29) is 0 Å². The van der Waals surface area contributed by atoms with Crippen molar-refractivity contribution in [3.05, 3.63) is 27.7 Å². The number of nitrogens with zero attached hydrogens (tertiary/aromatic N) is 4. The topological polar surface area (TPSA) is 42.3 Å². The molecular weight excluding hydrogens is 356 g/mol. The SMILES string of the molecule is CN(C)CCN=Cc1cc(Br)cc(CN(C)CCN(C)C)c1O. The zero-order valence-corrected chi connectivity index (χ0v) is 16.5. The Morgan fingerprint density at radius 3 is 2.30 bits per heavy atom. The van der Waals surface area contributed by atoms with Gasteiger partial charge in [0.2, 0.25) is 0 Å². The van der Waals surface area contributed by atoms with E-state index in [1.165, 1.54) is 0 Å². The number of hydrogen-bond acceptors (Lipinski definition) is 5. The molecule has 0 aliphatic carbocycles. The van der Waals surface area contributed by atoms with Gasteiger partial charge in [0.1, 0.15) is 5.75 Å². The lowest BCUT2D eigenvalue weighted by Crippen LogP contribution is -2.28. The van der Waals surface area contributed by atoms with Crippen LogP contribution < -0.4 is 0 Å². The summed E-state index contributed by atoms with van der Waals surface area (Å²) in [7, 11) is 10.2. The maximum absolute atomic E-state index is 10.5. The molecule has 0 unspecified atom stereocenters. The summed E-state index contributed by atoms with van der Waals surface area (Å²) in [6.45, 7) is 4.26. The fourth-order valence-electron chi connectivity index (χ4n) is 2.06. The molecule has 6 heteroatoms. The van der Waals surface area contributed by atoms with Crippen LogP contribution in [0.15, 0.2) is 21.6 Å². The van der Waals surface area contributed by atoms with E-state index in [4.69, 9.17) is 0 Å². The third-order valence-electron chi connectivity index (χ3n) is 3.46. The quantitative estimate of drug-likeness (QED) is 0.662. The molecule has 1 aromatic rings. The van der Waals surface area contributed by atoms with Gasteiger partial charge in [0.05, 0.1) is 6.54 Å². The molecule has 130 valence electrons. The predicted octanol–water partition coefficient (Wildman–Crippen LogP) is 2.13. The van der Waals surface area contributed by atoms with E-state index in [0.29, 0.717) is 12.3 Å². The van der Waals surface area contributed by atoms with Crippen molar-refractivity contribution < 1.29 is 5.11 Å². The van der Waals surface area contributed by atoms with Crippen molar-refractivity contribution in [3.63, 3.8) is 0 Å². The number of phenolic OH excluding ortho intramolecular Hbond substituents is 1. The maximum atomic E-state index is 10.5. The first-order chi connectivity index (χ1) is 10.8. The van der Waals surface area contributed by atoms with Gasteiger partial charge in [0.25, 0.3) is 0 Å². The zero-order valence-electron chi connectivity index (χ0n) is 14.9. The normalized spacial score (nSPS) is 12.2. The van der Waals surface area contributed by atoms with Crippen LogP contribution in [0.4, 0.5) is 0 Å². The van der Waals surface area contributed by atoms with Crippen LogP contribution in [0.25, 0.3) is 0 Å². The second-order valence-electron chi connectivity index (χ2n) is 6.38. The summed E-state index contributed by atoms with van der Waals surface area (Å²) >= 11 is 3.52. The summed E-state index contributed by atoms with van der Waals surface area (Å²) in [6, 6.07) is 3.87. The highest BCUT2D eigenvalue weighted by Gasteiger charge is 2.10. The van der Waals surface area contributed by atoms with Gasteiger partial charge < -0.3 is 19.8 Å². The molecule has 0 saturated heterocycles. The standard InChI is InChI=1S/C17H29BrN4O/c1-20(2)7-6-19-12-14-10-16(18)11-15(17(14)23)13-22(5)9-8-21(3)4/h10-12,23H,6-9,13H2,1-5H3. The molecule has 0 aliphatic heterocycles. The van der Waals surface area contributed by atoms with Gasteiger partial charge in [-0.15, -0.1) is 0 Å². The molecule has 23 heavy (non-hydrogen) atoms. The molecule has 0 saturated carbocycles. The van der Waals surface area contributed by atoms with E-state index in [9.17, 15) is 5.11 Å². The second kappa shape index (κ2) is 10.0. The van der Waals surface area contributed by atoms with Gasteiger partial charge in [0, 0.05) is 48.0 Å². The fourth-order valence-corrected chi connectivity index (χ4v) is 2.58. The number of aromatic hydroxyl groups is 1. The van der Waals surface area contributed by atoms with Gasteiger partial charge in [-0.2, -0.15) is 0 Å². The summed E-state index contributed by atoms with van der Waals surface area (Å²) < 4.78 is 0.959. The van der Waals surface area contributed by atoms with Crippen LogP contribution in [-0.2, 0) is 6.54 Å². The van der Waals surface area contributed by atoms with E-state index < -0.39 is 0 Å². The van der Waals surface area contributed by atoms with Crippen molar-refractivity contribution in [3.8, 4) is 5.75 Å². The zero-order chi connectivity index (χ0) is 17.4. The Kier molecular flexibility index (Phi) is 8.76. The first kappa shape index (κ1) is 20.1. The summed E-state index contributed by atoms with van der Waals surface area (Å²) in [4.78, 5) is 10.8. The molecule has 0 radical (unpaired) electrons. The number of benzene rings is 1. The molecule has 0 heterocycles. The molecule has 1 aromatic carbocycles. The minimum absolute atomic E-state index is 0.318. The minimum atomic E-state index is 0.318. The number of hydrogen-bond donors (Lipinski definition) is 1. The number of phenols is 1. The van der Waals surface area contributed by atoms with Crippen molar-refractivity contribution in [2.75, 3.05) is 61.4 Å². The number of aliphatic imine (C=N–C) groups is 1. The lowest BCUT2D eigenvalue weighted by Gasteiger charge is -2.20. The molecular formula is C17H29BrN4O. The van der Waals surface area contributed by atoms with Gasteiger partial charge in [0.15, 0.2) is 0 Å². The highest BCUT2D eigenvalue weighted by atomic mass is 79.9. The molecule has 0 spiro atoms. The lowest BCUT2D eigenvalue weighted by molar-refractivity contribution is 0.273. The van der Waals surface area contributed by atoms with E-state index in [1.807, 2.05) is 26.2 Å². The van der Waals surface area contributed by atoms with Crippen molar-refractivity contribution in [2.45, 2.75) is 6.54 Å². The molecule has 5 nitrogen and oxygen atoms in total. The fraction of sp³-hybridized carbons (Fsp3) is 0.588. The van der Waals surface area contributed by atoms with Crippen LogP contribution in [0.1, 0.15) is 11.1 Å². The Hall–Kier alpha value is -0.950. The van der Waals surface area contributed by atoms with E-state index in [1.54, 1.807) is 6.21 Å². The van der Waals surface area contributed by atoms with Gasteiger partial charge in [-0.3, -0.25) is 4.99 Å². The van der Waals surface area contributed by atoms with Crippen LogP contribution in [0.2, 0.25) is 0 Å². The Bertz CT molecular complexity index is 518. The Balaban J connectivity index is 2.77. The van der Waals surface area contributed by atoms with Gasteiger partial charge in [-0.25, -0.2) is 0 Å². The van der Waals surface area contributed by atoms with Crippen LogP contribution >= 0.6 is 15.9 Å². The monoisotopic (exact) mass is 384 g/mol. The average molecular weight is 385 g/mol. The van der Waals surface area contributed by atoms with Gasteiger partial charge in [-0.1, -0.05) is 15.9 Å². The van der Waals surface area contributed by atoms with Crippen LogP contribution in [0.3, 0.4) is 0 Å². The van der Waals surface area contributed by atoms with E-state index in [2.05, 4.69) is 56.8 Å². The Labute approximate surface area is 148 Å². The molecule has 0 aliphatic rings. The summed E-state index contributed by atoms with van der Waals surface area (Å²) in [5, 5.41) is 10.5. The van der Waals surface area contributed by atoms with Crippen molar-refractivity contribution >= 4 is 22.1 Å². The molecule has 0 aromatic heterocycles.